The summed E-state index contributed by atoms with van der Waals surface area (Å²) in [7, 11) is 1.63. The maximum absolute atomic E-state index is 12.4. The Balaban J connectivity index is 1.28. The van der Waals surface area contributed by atoms with Crippen LogP contribution in [0.2, 0.25) is 0 Å². The zero-order valence-electron chi connectivity index (χ0n) is 15.6. The molecule has 4 fully saturated rings. The van der Waals surface area contributed by atoms with Crippen molar-refractivity contribution >= 4 is 22.4 Å². The number of ether oxygens (including phenoxy) is 1. The molecular formula is C21H25N3O2S. The molecule has 27 heavy (non-hydrogen) atoms. The highest BCUT2D eigenvalue weighted by Crippen LogP contribution is 2.61. The number of benzene rings is 1. The average molecular weight is 384 g/mol. The zero-order valence-corrected chi connectivity index (χ0v) is 16.4. The van der Waals surface area contributed by atoms with Crippen LogP contribution in [0.4, 0.5) is 5.13 Å². The van der Waals surface area contributed by atoms with Gasteiger partial charge in [-0.3, -0.25) is 4.79 Å². The van der Waals surface area contributed by atoms with E-state index in [1.807, 2.05) is 24.3 Å². The quantitative estimate of drug-likeness (QED) is 0.841. The van der Waals surface area contributed by atoms with Gasteiger partial charge in [0.2, 0.25) is 11.0 Å². The van der Waals surface area contributed by atoms with Crippen LogP contribution in [0.1, 0.15) is 49.1 Å². The third kappa shape index (κ3) is 3.24. The summed E-state index contributed by atoms with van der Waals surface area (Å²) in [4.78, 5) is 12.4. The smallest absolute Gasteiger partial charge is 0.230 e. The molecule has 2 aromatic rings. The second-order valence-electron chi connectivity index (χ2n) is 8.69. The molecule has 1 amide bonds. The summed E-state index contributed by atoms with van der Waals surface area (Å²) < 4.78 is 5.22. The van der Waals surface area contributed by atoms with Crippen molar-refractivity contribution in [2.24, 2.45) is 17.8 Å². The van der Waals surface area contributed by atoms with Crippen molar-refractivity contribution in [3.63, 3.8) is 0 Å². The predicted octanol–water partition coefficient (Wildman–Crippen LogP) is 4.20. The Morgan fingerprint density at radius 1 is 1.19 bits per heavy atom. The molecule has 4 aliphatic carbocycles. The number of anilines is 1. The largest absolute Gasteiger partial charge is 0.497 e. The molecule has 6 heteroatoms. The molecule has 4 aliphatic rings. The number of carbonyl (C=O) groups excluding carboxylic acids is 1. The fourth-order valence-corrected chi connectivity index (χ4v) is 6.97. The lowest BCUT2D eigenvalue weighted by atomic mass is 9.50. The van der Waals surface area contributed by atoms with Crippen molar-refractivity contribution in [2.75, 3.05) is 12.4 Å². The number of amides is 1. The Hall–Kier alpha value is -1.95. The lowest BCUT2D eigenvalue weighted by molar-refractivity contribution is -0.115. The topological polar surface area (TPSA) is 64.1 Å². The number of methoxy groups -OCH3 is 1. The molecule has 6 rings (SSSR count). The normalized spacial score (nSPS) is 31.1. The molecule has 1 N–H and O–H groups in total. The molecule has 0 spiro atoms. The number of hydrogen-bond acceptors (Lipinski definition) is 5. The molecular weight excluding hydrogens is 358 g/mol. The highest BCUT2D eigenvalue weighted by atomic mass is 32.1. The van der Waals surface area contributed by atoms with Crippen molar-refractivity contribution in [3.05, 3.63) is 34.8 Å². The molecule has 4 saturated carbocycles. The molecule has 1 aromatic carbocycles. The van der Waals surface area contributed by atoms with E-state index >= 15 is 0 Å². The molecule has 0 unspecified atom stereocenters. The molecule has 142 valence electrons. The number of aromatic nitrogens is 2. The minimum atomic E-state index is -0.0588. The van der Waals surface area contributed by atoms with Gasteiger partial charge in [-0.2, -0.15) is 0 Å². The Bertz CT molecular complexity index is 827. The fourth-order valence-electron chi connectivity index (χ4n) is 5.99. The van der Waals surface area contributed by atoms with E-state index in [1.54, 1.807) is 18.4 Å². The number of nitrogens with one attached hydrogen (secondary N) is 1. The average Bonchev–Trinajstić information content (AvgIpc) is 3.10. The van der Waals surface area contributed by atoms with E-state index in [4.69, 9.17) is 4.74 Å². The second kappa shape index (κ2) is 6.59. The number of carbonyl (C=O) groups is 1. The molecule has 0 atom stereocenters. The van der Waals surface area contributed by atoms with E-state index in [0.29, 0.717) is 11.6 Å². The number of hydrogen-bond donors (Lipinski definition) is 1. The first-order valence-corrected chi connectivity index (χ1v) is 10.7. The van der Waals surface area contributed by atoms with Crippen LogP contribution in [-0.4, -0.2) is 23.2 Å². The van der Waals surface area contributed by atoms with Gasteiger partial charge in [0, 0.05) is 5.41 Å². The summed E-state index contributed by atoms with van der Waals surface area (Å²) in [5.74, 6) is 3.35. The maximum atomic E-state index is 12.4. The van der Waals surface area contributed by atoms with Crippen LogP contribution in [0.3, 0.4) is 0 Å². The highest BCUT2D eigenvalue weighted by molar-refractivity contribution is 7.15. The third-order valence-corrected chi connectivity index (χ3v) is 7.75. The van der Waals surface area contributed by atoms with Gasteiger partial charge >= 0.3 is 0 Å². The molecule has 0 saturated heterocycles. The highest BCUT2D eigenvalue weighted by Gasteiger charge is 2.53. The zero-order chi connectivity index (χ0) is 18.4. The van der Waals surface area contributed by atoms with Crippen LogP contribution in [0.25, 0.3) is 0 Å². The van der Waals surface area contributed by atoms with Crippen molar-refractivity contribution in [1.29, 1.82) is 0 Å². The monoisotopic (exact) mass is 383 g/mol. The lowest BCUT2D eigenvalue weighted by Gasteiger charge is -2.55. The molecule has 0 radical (unpaired) electrons. The Labute approximate surface area is 163 Å². The van der Waals surface area contributed by atoms with E-state index in [2.05, 4.69) is 15.5 Å². The first-order valence-electron chi connectivity index (χ1n) is 9.89. The minimum Gasteiger partial charge on any atom is -0.497 e. The van der Waals surface area contributed by atoms with Crippen LogP contribution in [-0.2, 0) is 16.6 Å². The van der Waals surface area contributed by atoms with E-state index in [1.165, 1.54) is 38.5 Å². The van der Waals surface area contributed by atoms with Crippen LogP contribution >= 0.6 is 11.3 Å². The van der Waals surface area contributed by atoms with E-state index in [9.17, 15) is 4.79 Å². The first-order chi connectivity index (χ1) is 13.1. The lowest BCUT2D eigenvalue weighted by Crippen LogP contribution is -2.48. The molecule has 1 aromatic heterocycles. The van der Waals surface area contributed by atoms with Gasteiger partial charge in [-0.1, -0.05) is 23.5 Å². The Kier molecular flexibility index (Phi) is 4.19. The standard InChI is InChI=1S/C21H25N3O2S/c1-26-17-4-2-3-13(8-17)9-18(25)22-20-24-23-19(27-20)21-10-14-5-15(11-21)7-16(6-14)12-21/h2-4,8,14-16H,5-7,9-12H2,1H3,(H,22,24,25). The summed E-state index contributed by atoms with van der Waals surface area (Å²) in [6, 6.07) is 7.60. The van der Waals surface area contributed by atoms with Gasteiger partial charge in [-0.05, 0) is 74.0 Å². The van der Waals surface area contributed by atoms with Gasteiger partial charge in [0.25, 0.3) is 0 Å². The van der Waals surface area contributed by atoms with Gasteiger partial charge in [-0.15, -0.1) is 10.2 Å². The van der Waals surface area contributed by atoms with Crippen molar-refractivity contribution in [2.45, 2.75) is 50.4 Å². The summed E-state index contributed by atoms with van der Waals surface area (Å²) in [6.45, 7) is 0. The van der Waals surface area contributed by atoms with Crippen molar-refractivity contribution < 1.29 is 9.53 Å². The summed E-state index contributed by atoms with van der Waals surface area (Å²) in [5, 5.41) is 13.6. The molecule has 4 bridgehead atoms. The van der Waals surface area contributed by atoms with Crippen LogP contribution in [0.15, 0.2) is 24.3 Å². The molecule has 0 aliphatic heterocycles. The first kappa shape index (κ1) is 17.2. The third-order valence-electron chi connectivity index (χ3n) is 6.66. The van der Waals surface area contributed by atoms with E-state index < -0.39 is 0 Å². The van der Waals surface area contributed by atoms with E-state index in [0.717, 1.165) is 34.1 Å². The maximum Gasteiger partial charge on any atom is 0.230 e. The van der Waals surface area contributed by atoms with Gasteiger partial charge < -0.3 is 10.1 Å². The predicted molar refractivity (Wildman–Crippen MR) is 105 cm³/mol. The van der Waals surface area contributed by atoms with Gasteiger partial charge in [0.1, 0.15) is 10.8 Å². The van der Waals surface area contributed by atoms with Gasteiger partial charge in [-0.25, -0.2) is 0 Å². The second-order valence-corrected chi connectivity index (χ2v) is 9.66. The van der Waals surface area contributed by atoms with E-state index in [-0.39, 0.29) is 11.3 Å². The van der Waals surface area contributed by atoms with Gasteiger partial charge in [0.15, 0.2) is 0 Å². The number of rotatable bonds is 5. The SMILES string of the molecule is COc1cccc(CC(=O)Nc2nnc(C34CC5CC(CC(C5)C3)C4)s2)c1. The summed E-state index contributed by atoms with van der Waals surface area (Å²) >= 11 is 1.59. The summed E-state index contributed by atoms with van der Waals surface area (Å²) in [6.07, 6.45) is 8.37. The summed E-state index contributed by atoms with van der Waals surface area (Å²) in [5.41, 5.74) is 1.17. The van der Waals surface area contributed by atoms with Gasteiger partial charge in [0.05, 0.1) is 13.5 Å². The Morgan fingerprint density at radius 3 is 2.56 bits per heavy atom. The van der Waals surface area contributed by atoms with Crippen LogP contribution < -0.4 is 10.1 Å². The molecule has 1 heterocycles. The fraction of sp³-hybridized carbons (Fsp3) is 0.571. The Morgan fingerprint density at radius 2 is 1.89 bits per heavy atom. The van der Waals surface area contributed by atoms with Crippen LogP contribution in [0, 0.1) is 17.8 Å². The molecule has 5 nitrogen and oxygen atoms in total. The van der Waals surface area contributed by atoms with Crippen LogP contribution in [0.5, 0.6) is 5.75 Å². The van der Waals surface area contributed by atoms with Crippen molar-refractivity contribution in [1.82, 2.24) is 10.2 Å². The minimum absolute atomic E-state index is 0.0588. The number of nitrogens with zero attached hydrogens (tertiary/aromatic N) is 2. The van der Waals surface area contributed by atoms with Crippen molar-refractivity contribution in [3.8, 4) is 5.75 Å².